The number of carbonyl (C=O) groups is 2. The van der Waals surface area contributed by atoms with Gasteiger partial charge in [-0.2, -0.15) is 0 Å². The van der Waals surface area contributed by atoms with E-state index in [2.05, 4.69) is 35.3 Å². The normalized spacial score (nSPS) is 15.3. The Morgan fingerprint density at radius 3 is 2.22 bits per heavy atom. The largest absolute Gasteiger partial charge is 0.368 e. The molecule has 2 aromatic rings. The second kappa shape index (κ2) is 8.71. The molecule has 1 unspecified atom stereocenters. The highest BCUT2D eigenvalue weighted by atomic mass is 16.2. The van der Waals surface area contributed by atoms with E-state index >= 15 is 0 Å². The molecule has 1 heterocycles. The summed E-state index contributed by atoms with van der Waals surface area (Å²) < 4.78 is 0. The first kappa shape index (κ1) is 19.0. The number of hydrogen-bond acceptors (Lipinski definition) is 3. The maximum Gasteiger partial charge on any atom is 0.225 e. The van der Waals surface area contributed by atoms with Crippen molar-refractivity contribution in [3.05, 3.63) is 65.7 Å². The Bertz CT molecular complexity index is 783. The fraction of sp³-hybridized carbons (Fsp3) is 0.364. The van der Waals surface area contributed by atoms with E-state index in [1.165, 1.54) is 18.2 Å². The van der Waals surface area contributed by atoms with Crippen molar-refractivity contribution < 1.29 is 9.59 Å². The van der Waals surface area contributed by atoms with E-state index in [-0.39, 0.29) is 24.3 Å². The average molecular weight is 365 g/mol. The summed E-state index contributed by atoms with van der Waals surface area (Å²) in [5, 5.41) is 2.91. The molecular formula is C22H27N3O2. The molecule has 1 saturated heterocycles. The van der Waals surface area contributed by atoms with Crippen molar-refractivity contribution in [3.8, 4) is 0 Å². The summed E-state index contributed by atoms with van der Waals surface area (Å²) in [6.45, 7) is 6.66. The van der Waals surface area contributed by atoms with Crippen LogP contribution in [-0.2, 0) is 9.59 Å². The van der Waals surface area contributed by atoms with Crippen molar-refractivity contribution in [2.24, 2.45) is 0 Å². The molecule has 0 bridgehead atoms. The van der Waals surface area contributed by atoms with Crippen molar-refractivity contribution in [2.75, 3.05) is 31.1 Å². The Morgan fingerprint density at radius 2 is 1.59 bits per heavy atom. The number of nitrogens with one attached hydrogen (secondary N) is 1. The lowest BCUT2D eigenvalue weighted by atomic mass is 10.0. The first-order chi connectivity index (χ1) is 13.0. The van der Waals surface area contributed by atoms with Crippen LogP contribution in [0.3, 0.4) is 0 Å². The maximum atomic E-state index is 12.8. The SMILES string of the molecule is CC(=O)NC(CC(=O)N1CCN(c2ccccc2C)CC1)c1ccccc1. The maximum absolute atomic E-state index is 12.8. The highest BCUT2D eigenvalue weighted by molar-refractivity contribution is 5.79. The quantitative estimate of drug-likeness (QED) is 0.886. The van der Waals surface area contributed by atoms with Crippen LogP contribution < -0.4 is 10.2 Å². The summed E-state index contributed by atoms with van der Waals surface area (Å²) in [4.78, 5) is 28.6. The number of anilines is 1. The van der Waals surface area contributed by atoms with Gasteiger partial charge in [0.2, 0.25) is 11.8 Å². The van der Waals surface area contributed by atoms with Gasteiger partial charge in [-0.3, -0.25) is 9.59 Å². The van der Waals surface area contributed by atoms with Crippen LogP contribution in [0, 0.1) is 6.92 Å². The zero-order chi connectivity index (χ0) is 19.2. The fourth-order valence-corrected chi connectivity index (χ4v) is 3.60. The molecule has 1 aliphatic rings. The molecule has 2 amide bonds. The van der Waals surface area contributed by atoms with E-state index in [1.54, 1.807) is 0 Å². The lowest BCUT2D eigenvalue weighted by Gasteiger charge is -2.37. The van der Waals surface area contributed by atoms with Gasteiger partial charge in [0, 0.05) is 38.8 Å². The molecule has 0 radical (unpaired) electrons. The van der Waals surface area contributed by atoms with Crippen LogP contribution in [-0.4, -0.2) is 42.9 Å². The third kappa shape index (κ3) is 4.88. The molecule has 1 fully saturated rings. The Kier molecular flexibility index (Phi) is 6.12. The first-order valence-electron chi connectivity index (χ1n) is 9.45. The predicted molar refractivity (Wildman–Crippen MR) is 108 cm³/mol. The smallest absolute Gasteiger partial charge is 0.225 e. The molecule has 0 spiro atoms. The molecule has 27 heavy (non-hydrogen) atoms. The monoisotopic (exact) mass is 365 g/mol. The summed E-state index contributed by atoms with van der Waals surface area (Å²) in [6.07, 6.45) is 0.286. The van der Waals surface area contributed by atoms with Gasteiger partial charge in [0.1, 0.15) is 0 Å². The summed E-state index contributed by atoms with van der Waals surface area (Å²) in [6, 6.07) is 17.7. The Labute approximate surface area is 161 Å². The van der Waals surface area contributed by atoms with Crippen molar-refractivity contribution in [1.29, 1.82) is 0 Å². The van der Waals surface area contributed by atoms with Crippen LogP contribution >= 0.6 is 0 Å². The molecule has 5 heteroatoms. The van der Waals surface area contributed by atoms with E-state index in [1.807, 2.05) is 41.3 Å². The molecule has 1 atom stereocenters. The van der Waals surface area contributed by atoms with Crippen LogP contribution in [0.2, 0.25) is 0 Å². The number of rotatable bonds is 5. The van der Waals surface area contributed by atoms with Gasteiger partial charge in [0.05, 0.1) is 12.5 Å². The van der Waals surface area contributed by atoms with E-state index in [0.717, 1.165) is 18.7 Å². The minimum Gasteiger partial charge on any atom is -0.368 e. The number of carbonyl (C=O) groups excluding carboxylic acids is 2. The van der Waals surface area contributed by atoms with Crippen molar-refractivity contribution in [3.63, 3.8) is 0 Å². The molecule has 0 saturated carbocycles. The van der Waals surface area contributed by atoms with Gasteiger partial charge in [-0.05, 0) is 24.1 Å². The average Bonchev–Trinajstić information content (AvgIpc) is 2.68. The second-order valence-electron chi connectivity index (χ2n) is 7.02. The van der Waals surface area contributed by atoms with Crippen LogP contribution in [0.25, 0.3) is 0 Å². The van der Waals surface area contributed by atoms with Crippen molar-refractivity contribution >= 4 is 17.5 Å². The zero-order valence-electron chi connectivity index (χ0n) is 16.0. The van der Waals surface area contributed by atoms with Gasteiger partial charge in [-0.15, -0.1) is 0 Å². The van der Waals surface area contributed by atoms with Crippen LogP contribution in [0.15, 0.2) is 54.6 Å². The number of amides is 2. The topological polar surface area (TPSA) is 52.7 Å². The van der Waals surface area contributed by atoms with E-state index in [4.69, 9.17) is 0 Å². The molecule has 142 valence electrons. The number of nitrogens with zero attached hydrogens (tertiary/aromatic N) is 2. The van der Waals surface area contributed by atoms with E-state index < -0.39 is 0 Å². The molecule has 1 N–H and O–H groups in total. The van der Waals surface area contributed by atoms with E-state index in [9.17, 15) is 9.59 Å². The lowest BCUT2D eigenvalue weighted by Crippen LogP contribution is -2.49. The minimum absolute atomic E-state index is 0.0852. The minimum atomic E-state index is -0.286. The number of piperazine rings is 1. The van der Waals surface area contributed by atoms with Gasteiger partial charge in [-0.25, -0.2) is 0 Å². The zero-order valence-corrected chi connectivity index (χ0v) is 16.0. The van der Waals surface area contributed by atoms with Gasteiger partial charge in [0.25, 0.3) is 0 Å². The summed E-state index contributed by atoms with van der Waals surface area (Å²) in [5.74, 6) is -0.0388. The van der Waals surface area contributed by atoms with Gasteiger partial charge in [-0.1, -0.05) is 48.5 Å². The summed E-state index contributed by atoms with van der Waals surface area (Å²) >= 11 is 0. The fourth-order valence-electron chi connectivity index (χ4n) is 3.60. The molecule has 3 rings (SSSR count). The Morgan fingerprint density at radius 1 is 0.963 bits per heavy atom. The van der Waals surface area contributed by atoms with Crippen molar-refractivity contribution in [2.45, 2.75) is 26.3 Å². The lowest BCUT2D eigenvalue weighted by molar-refractivity contribution is -0.132. The van der Waals surface area contributed by atoms with Crippen LogP contribution in [0.1, 0.15) is 30.5 Å². The first-order valence-corrected chi connectivity index (χ1v) is 9.45. The third-order valence-electron chi connectivity index (χ3n) is 5.05. The molecular weight excluding hydrogens is 338 g/mol. The number of hydrogen-bond donors (Lipinski definition) is 1. The standard InChI is InChI=1S/C22H27N3O2/c1-17-8-6-7-11-21(17)24-12-14-25(15-13-24)22(27)16-20(23-18(2)26)19-9-4-3-5-10-19/h3-11,20H,12-16H2,1-2H3,(H,23,26). The molecule has 2 aromatic carbocycles. The van der Waals surface area contributed by atoms with E-state index in [0.29, 0.717) is 13.1 Å². The van der Waals surface area contributed by atoms with Gasteiger partial charge < -0.3 is 15.1 Å². The molecule has 5 nitrogen and oxygen atoms in total. The number of para-hydroxylation sites is 1. The highest BCUT2D eigenvalue weighted by Gasteiger charge is 2.25. The summed E-state index contributed by atoms with van der Waals surface area (Å²) in [7, 11) is 0. The van der Waals surface area contributed by atoms with Gasteiger partial charge in [0.15, 0.2) is 0 Å². The molecule has 0 aromatic heterocycles. The Balaban J connectivity index is 1.61. The van der Waals surface area contributed by atoms with Crippen LogP contribution in [0.5, 0.6) is 0 Å². The second-order valence-corrected chi connectivity index (χ2v) is 7.02. The number of benzene rings is 2. The molecule has 0 aliphatic carbocycles. The Hall–Kier alpha value is -2.82. The number of aryl methyl sites for hydroxylation is 1. The predicted octanol–water partition coefficient (Wildman–Crippen LogP) is 2.91. The highest BCUT2D eigenvalue weighted by Crippen LogP contribution is 2.22. The summed E-state index contributed by atoms with van der Waals surface area (Å²) in [5.41, 5.74) is 3.46. The van der Waals surface area contributed by atoms with Crippen LogP contribution in [0.4, 0.5) is 5.69 Å². The third-order valence-corrected chi connectivity index (χ3v) is 5.05. The van der Waals surface area contributed by atoms with Crippen molar-refractivity contribution in [1.82, 2.24) is 10.2 Å². The molecule has 1 aliphatic heterocycles. The van der Waals surface area contributed by atoms with Gasteiger partial charge >= 0.3 is 0 Å².